The monoisotopic (exact) mass is 248 g/mol. The van der Waals surface area contributed by atoms with Gasteiger partial charge in [-0.15, -0.1) is 0 Å². The molecule has 1 aliphatic heterocycles. The molecule has 5 nitrogen and oxygen atoms in total. The molecule has 5 heteroatoms. The molecule has 0 aromatic heterocycles. The van der Waals surface area contributed by atoms with Crippen molar-refractivity contribution in [1.29, 1.82) is 0 Å². The summed E-state index contributed by atoms with van der Waals surface area (Å²) in [5.74, 6) is 5.83. The van der Waals surface area contributed by atoms with E-state index in [1.807, 2.05) is 12.1 Å². The number of nitrogen functional groups attached to an aromatic ring is 1. The minimum Gasteiger partial charge on any atom is -0.397 e. The van der Waals surface area contributed by atoms with Crippen LogP contribution in [0.1, 0.15) is 24.4 Å². The van der Waals surface area contributed by atoms with Crippen LogP contribution in [0.25, 0.3) is 0 Å². The molecule has 1 heterocycles. The van der Waals surface area contributed by atoms with Gasteiger partial charge < -0.3 is 15.5 Å². The highest BCUT2D eigenvalue weighted by Crippen LogP contribution is 2.33. The lowest BCUT2D eigenvalue weighted by Gasteiger charge is -2.27. The van der Waals surface area contributed by atoms with Crippen LogP contribution in [-0.2, 0) is 4.79 Å². The van der Waals surface area contributed by atoms with Crippen LogP contribution in [0.5, 0.6) is 0 Å². The number of rotatable bonds is 4. The lowest BCUT2D eigenvalue weighted by molar-refractivity contribution is -0.112. The normalized spacial score (nSPS) is 17.7. The highest BCUT2D eigenvalue weighted by atomic mass is 16.1. The topological polar surface area (TPSA) is 75.6 Å². The maximum Gasteiger partial charge on any atom is 0.141 e. The lowest BCUT2D eigenvalue weighted by atomic mass is 10.0. The molecule has 1 fully saturated rings. The first kappa shape index (κ1) is 12.9. The summed E-state index contributed by atoms with van der Waals surface area (Å²) in [6.45, 7) is 1.90. The summed E-state index contributed by atoms with van der Waals surface area (Å²) in [5, 5.41) is 1.48. The zero-order valence-corrected chi connectivity index (χ0v) is 10.7. The molecule has 0 bridgehead atoms. The summed E-state index contributed by atoms with van der Waals surface area (Å²) in [6, 6.07) is 5.34. The molecule has 1 aliphatic rings. The number of hydrogen-bond acceptors (Lipinski definition) is 5. The van der Waals surface area contributed by atoms with Gasteiger partial charge in [0.05, 0.1) is 17.4 Å². The predicted octanol–water partition coefficient (Wildman–Crippen LogP) is 0.914. The van der Waals surface area contributed by atoms with Gasteiger partial charge in [0.25, 0.3) is 0 Å². The third-order valence-corrected chi connectivity index (χ3v) is 3.43. The largest absolute Gasteiger partial charge is 0.397 e. The number of nitrogens with two attached hydrogens (primary N) is 2. The first-order valence-electron chi connectivity index (χ1n) is 6.21. The van der Waals surface area contributed by atoms with Gasteiger partial charge in [-0.1, -0.05) is 12.1 Å². The minimum absolute atomic E-state index is 0.253. The molecule has 0 spiro atoms. The number of hydrazine groups is 1. The first-order valence-corrected chi connectivity index (χ1v) is 6.21. The fourth-order valence-electron chi connectivity index (χ4n) is 2.60. The minimum atomic E-state index is -0.253. The van der Waals surface area contributed by atoms with Gasteiger partial charge in [0.15, 0.2) is 0 Å². The Bertz CT molecular complexity index is 427. The summed E-state index contributed by atoms with van der Waals surface area (Å²) in [6.07, 6.45) is 3.26. The predicted molar refractivity (Wildman–Crippen MR) is 73.1 cm³/mol. The summed E-state index contributed by atoms with van der Waals surface area (Å²) < 4.78 is 0. The number of carbonyl (C=O) groups is 1. The van der Waals surface area contributed by atoms with E-state index in [-0.39, 0.29) is 6.04 Å². The second-order valence-corrected chi connectivity index (χ2v) is 4.72. The molecule has 1 aromatic rings. The number of hydrogen-bond donors (Lipinski definition) is 2. The Kier molecular flexibility index (Phi) is 3.84. The second-order valence-electron chi connectivity index (χ2n) is 4.72. The lowest BCUT2D eigenvalue weighted by Crippen LogP contribution is -2.32. The summed E-state index contributed by atoms with van der Waals surface area (Å²) >= 11 is 0. The molecule has 98 valence electrons. The molecular weight excluding hydrogens is 228 g/mol. The van der Waals surface area contributed by atoms with Crippen molar-refractivity contribution in [3.05, 3.63) is 23.8 Å². The van der Waals surface area contributed by atoms with E-state index >= 15 is 0 Å². The first-order chi connectivity index (χ1) is 8.65. The molecule has 1 atom stereocenters. The van der Waals surface area contributed by atoms with Crippen molar-refractivity contribution in [1.82, 2.24) is 4.90 Å². The molecule has 1 saturated heterocycles. The third kappa shape index (κ3) is 2.32. The molecule has 0 amide bonds. The van der Waals surface area contributed by atoms with E-state index in [9.17, 15) is 4.79 Å². The van der Waals surface area contributed by atoms with Crippen molar-refractivity contribution in [2.75, 3.05) is 30.9 Å². The number of nitrogens with zero attached hydrogens (tertiary/aromatic N) is 2. The van der Waals surface area contributed by atoms with E-state index in [1.165, 1.54) is 5.01 Å². The Morgan fingerprint density at radius 2 is 2.06 bits per heavy atom. The summed E-state index contributed by atoms with van der Waals surface area (Å²) in [7, 11) is 1.74. The molecule has 1 aromatic carbocycles. The van der Waals surface area contributed by atoms with Gasteiger partial charge in [-0.25, -0.2) is 5.84 Å². The third-order valence-electron chi connectivity index (χ3n) is 3.43. The Hall–Kier alpha value is -1.59. The Labute approximate surface area is 107 Å². The zero-order valence-electron chi connectivity index (χ0n) is 10.7. The van der Waals surface area contributed by atoms with Crippen molar-refractivity contribution < 1.29 is 4.79 Å². The van der Waals surface area contributed by atoms with Gasteiger partial charge in [-0.2, -0.15) is 0 Å². The Morgan fingerprint density at radius 3 is 2.61 bits per heavy atom. The van der Waals surface area contributed by atoms with Crippen molar-refractivity contribution in [2.45, 2.75) is 18.9 Å². The van der Waals surface area contributed by atoms with Gasteiger partial charge >= 0.3 is 0 Å². The highest BCUT2D eigenvalue weighted by Gasteiger charge is 2.26. The molecule has 0 saturated carbocycles. The van der Waals surface area contributed by atoms with Gasteiger partial charge in [-0.3, -0.25) is 4.90 Å². The molecular formula is C13H20N4O. The van der Waals surface area contributed by atoms with E-state index in [0.29, 0.717) is 5.69 Å². The average Bonchev–Trinajstić information content (AvgIpc) is 2.83. The van der Waals surface area contributed by atoms with Gasteiger partial charge in [0.1, 0.15) is 6.29 Å². The molecule has 4 N–H and O–H groups in total. The Balaban J connectivity index is 2.41. The van der Waals surface area contributed by atoms with Crippen LogP contribution in [-0.4, -0.2) is 31.3 Å². The molecule has 18 heavy (non-hydrogen) atoms. The van der Waals surface area contributed by atoms with Crippen LogP contribution in [0.15, 0.2) is 18.2 Å². The fourth-order valence-corrected chi connectivity index (χ4v) is 2.60. The second kappa shape index (κ2) is 5.37. The molecule has 2 rings (SSSR count). The maximum atomic E-state index is 11.4. The fraction of sp³-hybridized carbons (Fsp3) is 0.462. The molecule has 0 radical (unpaired) electrons. The van der Waals surface area contributed by atoms with Crippen molar-refractivity contribution in [3.63, 3.8) is 0 Å². The maximum absolute atomic E-state index is 11.4. The smallest absolute Gasteiger partial charge is 0.141 e. The van der Waals surface area contributed by atoms with Crippen LogP contribution in [0.3, 0.4) is 0 Å². The highest BCUT2D eigenvalue weighted by molar-refractivity contribution is 5.76. The van der Waals surface area contributed by atoms with Crippen LogP contribution in [0, 0.1) is 0 Å². The average molecular weight is 248 g/mol. The Morgan fingerprint density at radius 1 is 1.39 bits per heavy atom. The van der Waals surface area contributed by atoms with Crippen LogP contribution in [0.2, 0.25) is 0 Å². The van der Waals surface area contributed by atoms with Crippen molar-refractivity contribution >= 4 is 17.7 Å². The van der Waals surface area contributed by atoms with E-state index in [4.69, 9.17) is 11.6 Å². The van der Waals surface area contributed by atoms with Crippen LogP contribution in [0.4, 0.5) is 11.4 Å². The van der Waals surface area contributed by atoms with Crippen LogP contribution >= 0.6 is 0 Å². The number of para-hydroxylation sites is 1. The standard InChI is InChI=1S/C13H20N4O/c1-16(15)13-10(5-4-6-11(13)14)12(9-18)17-7-2-3-8-17/h4-6,9,12H,2-3,7-8,14-15H2,1H3. The number of benzene rings is 1. The van der Waals surface area contributed by atoms with Gasteiger partial charge in [0.2, 0.25) is 0 Å². The number of anilines is 2. The van der Waals surface area contributed by atoms with Gasteiger partial charge in [-0.05, 0) is 32.0 Å². The van der Waals surface area contributed by atoms with Crippen molar-refractivity contribution in [3.8, 4) is 0 Å². The zero-order chi connectivity index (χ0) is 13.1. The van der Waals surface area contributed by atoms with E-state index in [1.54, 1.807) is 13.1 Å². The molecule has 0 aliphatic carbocycles. The molecule has 1 unspecified atom stereocenters. The quantitative estimate of drug-likeness (QED) is 0.358. The van der Waals surface area contributed by atoms with E-state index in [2.05, 4.69) is 4.90 Å². The number of carbonyl (C=O) groups excluding carboxylic acids is 1. The summed E-state index contributed by atoms with van der Waals surface area (Å²) in [5.41, 5.74) is 8.18. The number of likely N-dealkylation sites (tertiary alicyclic amines) is 1. The SMILES string of the molecule is CN(N)c1c(N)cccc1C(C=O)N1CCCC1. The number of aldehydes is 1. The summed E-state index contributed by atoms with van der Waals surface area (Å²) in [4.78, 5) is 13.6. The van der Waals surface area contributed by atoms with E-state index in [0.717, 1.165) is 43.5 Å². The van der Waals surface area contributed by atoms with Crippen molar-refractivity contribution in [2.24, 2.45) is 5.84 Å². The van der Waals surface area contributed by atoms with Gasteiger partial charge in [0, 0.05) is 12.6 Å². The van der Waals surface area contributed by atoms with E-state index < -0.39 is 0 Å². The van der Waals surface area contributed by atoms with Crippen LogP contribution < -0.4 is 16.6 Å².